The molecule has 0 aliphatic rings. The summed E-state index contributed by atoms with van der Waals surface area (Å²) >= 11 is 0. The highest BCUT2D eigenvalue weighted by molar-refractivity contribution is 5.76. The van der Waals surface area contributed by atoms with Crippen LogP contribution in [-0.4, -0.2) is 19.1 Å². The molecule has 24 heavy (non-hydrogen) atoms. The van der Waals surface area contributed by atoms with Gasteiger partial charge in [-0.2, -0.15) is 0 Å². The van der Waals surface area contributed by atoms with Gasteiger partial charge in [0, 0.05) is 6.42 Å². The van der Waals surface area contributed by atoms with Gasteiger partial charge in [-0.25, -0.2) is 0 Å². The molecule has 2 aromatic carbocycles. The maximum absolute atomic E-state index is 11.9. The first-order chi connectivity index (χ1) is 11.4. The minimum Gasteiger partial charge on any atom is -0.492 e. The van der Waals surface area contributed by atoms with Crippen LogP contribution < -0.4 is 10.1 Å². The smallest absolute Gasteiger partial charge is 0.220 e. The van der Waals surface area contributed by atoms with E-state index in [1.165, 1.54) is 11.1 Å². The van der Waals surface area contributed by atoms with Crippen molar-refractivity contribution >= 4 is 5.91 Å². The highest BCUT2D eigenvalue weighted by atomic mass is 16.5. The van der Waals surface area contributed by atoms with Gasteiger partial charge in [0.25, 0.3) is 0 Å². The Morgan fingerprint density at radius 1 is 1.00 bits per heavy atom. The average Bonchev–Trinajstić information content (AvgIpc) is 2.57. The lowest BCUT2D eigenvalue weighted by Crippen LogP contribution is -2.28. The fourth-order valence-electron chi connectivity index (χ4n) is 2.39. The zero-order valence-corrected chi connectivity index (χ0v) is 14.8. The molecular formula is C21H27NO2. The molecule has 2 aromatic rings. The van der Waals surface area contributed by atoms with E-state index in [1.807, 2.05) is 30.3 Å². The molecule has 2 rings (SSSR count). The van der Waals surface area contributed by atoms with E-state index in [1.54, 1.807) is 0 Å². The van der Waals surface area contributed by atoms with Crippen molar-refractivity contribution in [3.8, 4) is 5.75 Å². The second-order valence-corrected chi connectivity index (χ2v) is 6.96. The van der Waals surface area contributed by atoms with Gasteiger partial charge in [-0.15, -0.1) is 0 Å². The normalized spacial score (nSPS) is 11.1. The molecule has 3 nitrogen and oxygen atoms in total. The number of carbonyl (C=O) groups is 1. The summed E-state index contributed by atoms with van der Waals surface area (Å²) in [5, 5.41) is 2.89. The topological polar surface area (TPSA) is 38.3 Å². The molecule has 0 aliphatic heterocycles. The Hall–Kier alpha value is -2.29. The van der Waals surface area contributed by atoms with Gasteiger partial charge in [-0.05, 0) is 35.1 Å². The number of hydrogen-bond donors (Lipinski definition) is 1. The van der Waals surface area contributed by atoms with Gasteiger partial charge in [-0.3, -0.25) is 4.79 Å². The highest BCUT2D eigenvalue weighted by Crippen LogP contribution is 2.22. The summed E-state index contributed by atoms with van der Waals surface area (Å²) in [6.45, 7) is 7.61. The summed E-state index contributed by atoms with van der Waals surface area (Å²) in [5.41, 5.74) is 2.67. The minimum absolute atomic E-state index is 0.0616. The Bertz CT molecular complexity index is 627. The van der Waals surface area contributed by atoms with Crippen molar-refractivity contribution in [2.45, 2.75) is 39.0 Å². The number of nitrogens with one attached hydrogen (secondary N) is 1. The summed E-state index contributed by atoms with van der Waals surface area (Å²) < 4.78 is 5.55. The zero-order valence-electron chi connectivity index (χ0n) is 14.8. The first kappa shape index (κ1) is 18.1. The highest BCUT2D eigenvalue weighted by Gasteiger charge is 2.12. The molecule has 1 amide bonds. The molecule has 0 saturated carbocycles. The number of rotatable bonds is 7. The SMILES string of the molecule is CC(C)(C)c1ccc(CCC(=O)NCCOc2ccccc2)cc1. The van der Waals surface area contributed by atoms with Crippen molar-refractivity contribution in [2.24, 2.45) is 0 Å². The van der Waals surface area contributed by atoms with Crippen LogP contribution in [0.2, 0.25) is 0 Å². The third-order valence-corrected chi connectivity index (χ3v) is 3.90. The summed E-state index contributed by atoms with van der Waals surface area (Å²) in [6.07, 6.45) is 1.26. The summed E-state index contributed by atoms with van der Waals surface area (Å²) in [6, 6.07) is 18.2. The van der Waals surface area contributed by atoms with Crippen LogP contribution >= 0.6 is 0 Å². The lowest BCUT2D eigenvalue weighted by atomic mass is 9.86. The van der Waals surface area contributed by atoms with Crippen LogP contribution in [0, 0.1) is 0 Å². The molecule has 0 aromatic heterocycles. The Morgan fingerprint density at radius 3 is 2.29 bits per heavy atom. The lowest BCUT2D eigenvalue weighted by molar-refractivity contribution is -0.121. The van der Waals surface area contributed by atoms with Crippen LogP contribution in [0.15, 0.2) is 54.6 Å². The molecule has 0 heterocycles. The van der Waals surface area contributed by atoms with Gasteiger partial charge >= 0.3 is 0 Å². The molecule has 1 N–H and O–H groups in total. The van der Waals surface area contributed by atoms with Crippen molar-refractivity contribution in [3.05, 3.63) is 65.7 Å². The summed E-state index contributed by atoms with van der Waals surface area (Å²) in [4.78, 5) is 11.9. The van der Waals surface area contributed by atoms with Gasteiger partial charge < -0.3 is 10.1 Å². The molecule has 0 aliphatic carbocycles. The summed E-state index contributed by atoms with van der Waals surface area (Å²) in [5.74, 6) is 0.886. The average molecular weight is 325 g/mol. The number of carbonyl (C=O) groups excluding carboxylic acids is 1. The van der Waals surface area contributed by atoms with Crippen LogP contribution in [0.3, 0.4) is 0 Å². The van der Waals surface area contributed by atoms with E-state index in [4.69, 9.17) is 4.74 Å². The summed E-state index contributed by atoms with van der Waals surface area (Å²) in [7, 11) is 0. The molecular weight excluding hydrogens is 298 g/mol. The van der Waals surface area contributed by atoms with Gasteiger partial charge in [0.05, 0.1) is 6.54 Å². The fraction of sp³-hybridized carbons (Fsp3) is 0.381. The standard InChI is InChI=1S/C21H27NO2/c1-21(2,3)18-12-9-17(10-13-18)11-14-20(23)22-15-16-24-19-7-5-4-6-8-19/h4-10,12-13H,11,14-16H2,1-3H3,(H,22,23). The van der Waals surface area contributed by atoms with E-state index in [9.17, 15) is 4.79 Å². The maximum Gasteiger partial charge on any atom is 0.220 e. The predicted octanol–water partition coefficient (Wildman–Crippen LogP) is 4.11. The first-order valence-corrected chi connectivity index (χ1v) is 8.49. The fourth-order valence-corrected chi connectivity index (χ4v) is 2.39. The van der Waals surface area contributed by atoms with Gasteiger partial charge in [0.15, 0.2) is 0 Å². The second kappa shape index (κ2) is 8.53. The maximum atomic E-state index is 11.9. The monoisotopic (exact) mass is 325 g/mol. The Morgan fingerprint density at radius 2 is 1.67 bits per heavy atom. The molecule has 0 atom stereocenters. The quantitative estimate of drug-likeness (QED) is 0.778. The zero-order chi connectivity index (χ0) is 17.4. The number of amides is 1. The van der Waals surface area contributed by atoms with E-state index in [0.717, 1.165) is 12.2 Å². The molecule has 0 radical (unpaired) electrons. The predicted molar refractivity (Wildman–Crippen MR) is 98.4 cm³/mol. The Balaban J connectivity index is 1.66. The van der Waals surface area contributed by atoms with Crippen molar-refractivity contribution in [3.63, 3.8) is 0 Å². The van der Waals surface area contributed by atoms with E-state index in [0.29, 0.717) is 19.6 Å². The molecule has 0 spiro atoms. The Labute approximate surface area is 145 Å². The van der Waals surface area contributed by atoms with Crippen molar-refractivity contribution < 1.29 is 9.53 Å². The van der Waals surface area contributed by atoms with Gasteiger partial charge in [-0.1, -0.05) is 63.2 Å². The van der Waals surface area contributed by atoms with Crippen molar-refractivity contribution in [1.29, 1.82) is 0 Å². The Kier molecular flexibility index (Phi) is 6.42. The molecule has 128 valence electrons. The lowest BCUT2D eigenvalue weighted by Gasteiger charge is -2.19. The van der Waals surface area contributed by atoms with Gasteiger partial charge in [0.1, 0.15) is 12.4 Å². The number of para-hydroxylation sites is 1. The largest absolute Gasteiger partial charge is 0.492 e. The van der Waals surface area contributed by atoms with Crippen molar-refractivity contribution in [2.75, 3.05) is 13.2 Å². The number of benzene rings is 2. The minimum atomic E-state index is 0.0616. The molecule has 0 bridgehead atoms. The third-order valence-electron chi connectivity index (χ3n) is 3.90. The van der Waals surface area contributed by atoms with Crippen LogP contribution in [0.4, 0.5) is 0 Å². The van der Waals surface area contributed by atoms with Gasteiger partial charge in [0.2, 0.25) is 5.91 Å². The van der Waals surface area contributed by atoms with Crippen LogP contribution in [0.1, 0.15) is 38.3 Å². The van der Waals surface area contributed by atoms with E-state index in [-0.39, 0.29) is 11.3 Å². The van der Waals surface area contributed by atoms with Crippen molar-refractivity contribution in [1.82, 2.24) is 5.32 Å². The van der Waals surface area contributed by atoms with E-state index < -0.39 is 0 Å². The number of hydrogen-bond acceptors (Lipinski definition) is 2. The third kappa shape index (κ3) is 6.07. The van der Waals surface area contributed by atoms with E-state index >= 15 is 0 Å². The first-order valence-electron chi connectivity index (χ1n) is 8.49. The molecule has 0 unspecified atom stereocenters. The van der Waals surface area contributed by atoms with Crippen LogP contribution in [0.25, 0.3) is 0 Å². The number of aryl methyl sites for hydroxylation is 1. The molecule has 0 fully saturated rings. The number of ether oxygens (including phenoxy) is 1. The van der Waals surface area contributed by atoms with E-state index in [2.05, 4.69) is 50.4 Å². The molecule has 3 heteroatoms. The molecule has 0 saturated heterocycles. The van der Waals surface area contributed by atoms with Crippen LogP contribution in [-0.2, 0) is 16.6 Å². The van der Waals surface area contributed by atoms with Crippen LogP contribution in [0.5, 0.6) is 5.75 Å². The second-order valence-electron chi connectivity index (χ2n) is 6.96.